The van der Waals surface area contributed by atoms with Crippen LogP contribution in [0.25, 0.3) is 11.3 Å². The molecule has 348 valence electrons. The molecular weight excluding hydrogens is 887 g/mol. The Labute approximate surface area is 369 Å². The van der Waals surface area contributed by atoms with Crippen LogP contribution in [0.3, 0.4) is 0 Å². The number of rotatable bonds is 8. The number of halogens is 6. The minimum absolute atomic E-state index is 0.0264. The summed E-state index contributed by atoms with van der Waals surface area (Å²) >= 11 is 0. The van der Waals surface area contributed by atoms with E-state index in [1.807, 2.05) is 9.80 Å². The summed E-state index contributed by atoms with van der Waals surface area (Å²) < 4.78 is 106. The molecule has 24 heteroatoms. The molecular formula is C42H40F6N10O8. The van der Waals surface area contributed by atoms with Crippen molar-refractivity contribution in [2.24, 2.45) is 0 Å². The van der Waals surface area contributed by atoms with Crippen molar-refractivity contribution < 1.29 is 65.1 Å². The molecule has 10 rings (SSSR count). The van der Waals surface area contributed by atoms with Crippen LogP contribution in [0, 0.1) is 0 Å². The van der Waals surface area contributed by atoms with E-state index in [1.165, 1.54) is 58.1 Å². The summed E-state index contributed by atoms with van der Waals surface area (Å²) in [7, 11) is 0. The summed E-state index contributed by atoms with van der Waals surface area (Å²) in [6, 6.07) is 9.25. The summed E-state index contributed by atoms with van der Waals surface area (Å²) in [6.45, 7) is 1.28. The van der Waals surface area contributed by atoms with Crippen LogP contribution in [0.5, 0.6) is 11.5 Å². The maximum absolute atomic E-state index is 13.7. The van der Waals surface area contributed by atoms with Crippen LogP contribution >= 0.6 is 0 Å². The quantitative estimate of drug-likeness (QED) is 0.159. The number of fused-ring (bicyclic) bond motifs is 4. The maximum atomic E-state index is 13.7. The van der Waals surface area contributed by atoms with Crippen LogP contribution in [0.15, 0.2) is 73.6 Å². The number of carbonyl (C=O) groups excluding carboxylic acids is 2. The first kappa shape index (κ1) is 44.4. The summed E-state index contributed by atoms with van der Waals surface area (Å²) in [5.41, 5.74) is -2.13. The maximum Gasteiger partial charge on any atom is 0.430 e. The van der Waals surface area contributed by atoms with Gasteiger partial charge in [-0.1, -0.05) is 0 Å². The van der Waals surface area contributed by atoms with Crippen molar-refractivity contribution in [2.45, 2.75) is 36.4 Å². The highest BCUT2D eigenvalue weighted by molar-refractivity contribution is 6.10. The Bertz CT molecular complexity index is 2600. The first-order valence-corrected chi connectivity index (χ1v) is 20.5. The van der Waals surface area contributed by atoms with Crippen LogP contribution in [0.1, 0.15) is 31.8 Å². The lowest BCUT2D eigenvalue weighted by molar-refractivity contribution is -0.253. The summed E-state index contributed by atoms with van der Waals surface area (Å²) in [4.78, 5) is 38.3. The van der Waals surface area contributed by atoms with E-state index >= 15 is 0 Å². The van der Waals surface area contributed by atoms with Gasteiger partial charge in [-0.05, 0) is 24.3 Å². The molecule has 0 saturated carbocycles. The van der Waals surface area contributed by atoms with Gasteiger partial charge in [-0.3, -0.25) is 9.59 Å². The highest BCUT2D eigenvalue weighted by Crippen LogP contribution is 2.49. The Morgan fingerprint density at radius 2 is 1.03 bits per heavy atom. The third-order valence-corrected chi connectivity index (χ3v) is 11.7. The topological polar surface area (TPSA) is 202 Å². The van der Waals surface area contributed by atoms with E-state index in [9.17, 15) is 46.1 Å². The normalized spacial score (nSPS) is 20.5. The minimum atomic E-state index is -4.77. The molecule has 0 spiro atoms. The molecule has 0 unspecified atom stereocenters. The molecule has 4 aromatic heterocycles. The molecule has 2 fully saturated rings. The van der Waals surface area contributed by atoms with E-state index in [-0.39, 0.29) is 33.8 Å². The van der Waals surface area contributed by atoms with Crippen LogP contribution in [-0.4, -0.2) is 141 Å². The molecule has 2 aromatic carbocycles. The smallest absolute Gasteiger partial charge is 0.430 e. The molecule has 8 heterocycles. The Hall–Kier alpha value is -6.76. The predicted octanol–water partition coefficient (Wildman–Crippen LogP) is 4.09. The number of aliphatic hydroxyl groups is 2. The molecule has 66 heavy (non-hydrogen) atoms. The van der Waals surface area contributed by atoms with E-state index in [2.05, 4.69) is 30.8 Å². The molecule has 4 aliphatic heterocycles. The average Bonchev–Trinajstić information content (AvgIpc) is 4.12. The monoisotopic (exact) mass is 926 g/mol. The SMILES string of the molecule is O=C(Nc1cc2c(cc1N1CCOCC1)O[C@@](CO)(C(F)(F)F)C2)c1cnn2cccnc12.O=C(Nc1cc2c(cc1N1CCOCC1)O[C@](CO)(C(F)(F)F)C2)c1cnn2cccnc12. The van der Waals surface area contributed by atoms with Gasteiger partial charge in [-0.2, -0.15) is 36.5 Å². The molecule has 0 aliphatic carbocycles. The van der Waals surface area contributed by atoms with Gasteiger partial charge in [0.05, 0.1) is 74.8 Å². The van der Waals surface area contributed by atoms with Crippen molar-refractivity contribution in [3.63, 3.8) is 0 Å². The fraction of sp³-hybridized carbons (Fsp3) is 0.381. The third kappa shape index (κ3) is 8.13. The van der Waals surface area contributed by atoms with Crippen LogP contribution < -0.4 is 29.9 Å². The number of benzene rings is 2. The molecule has 4 N–H and O–H groups in total. The molecule has 4 aliphatic rings. The second kappa shape index (κ2) is 17.2. The van der Waals surface area contributed by atoms with Gasteiger partial charge in [-0.25, -0.2) is 19.0 Å². The predicted molar refractivity (Wildman–Crippen MR) is 221 cm³/mol. The highest BCUT2D eigenvalue weighted by Gasteiger charge is 2.61. The molecule has 2 atom stereocenters. The first-order valence-electron chi connectivity index (χ1n) is 20.5. The number of ether oxygens (including phenoxy) is 4. The molecule has 0 bridgehead atoms. The number of amides is 2. The molecule has 0 radical (unpaired) electrons. The number of hydrogen-bond acceptors (Lipinski definition) is 14. The van der Waals surface area contributed by atoms with Crippen molar-refractivity contribution in [2.75, 3.05) is 86.3 Å². The molecule has 2 saturated heterocycles. The fourth-order valence-corrected chi connectivity index (χ4v) is 8.16. The van der Waals surface area contributed by atoms with E-state index in [1.54, 1.807) is 24.5 Å². The second-order valence-electron chi connectivity index (χ2n) is 15.8. The van der Waals surface area contributed by atoms with Crippen LogP contribution in [0.2, 0.25) is 0 Å². The lowest BCUT2D eigenvalue weighted by atomic mass is 9.96. The lowest BCUT2D eigenvalue weighted by Gasteiger charge is -2.31. The lowest BCUT2D eigenvalue weighted by Crippen LogP contribution is -2.52. The standard InChI is InChI=1S/2C21H20F3N5O4/c2*22-21(23,24)20(12-30)10-13-8-15(16(9-17(13)33-20)28-4-6-32-7-5-28)27-19(31)14-11-26-29-3-1-2-25-18(14)29/h2*1-3,8-9,11,30H,4-7,10,12H2,(H,27,31)/t2*20-/m10/s1. The Balaban J connectivity index is 0.000000166. The largest absolute Gasteiger partial charge is 0.475 e. The number of nitrogens with zero attached hydrogens (tertiary/aromatic N) is 8. The van der Waals surface area contributed by atoms with Crippen molar-refractivity contribution in [3.8, 4) is 11.5 Å². The summed E-state index contributed by atoms with van der Waals surface area (Å²) in [6.07, 6.45) is -1.55. The van der Waals surface area contributed by atoms with Crippen LogP contribution in [-0.2, 0) is 22.3 Å². The van der Waals surface area contributed by atoms with Crippen molar-refractivity contribution >= 4 is 45.9 Å². The van der Waals surface area contributed by atoms with Gasteiger partial charge in [0.15, 0.2) is 11.3 Å². The summed E-state index contributed by atoms with van der Waals surface area (Å²) in [5.74, 6) is -0.945. The van der Waals surface area contributed by atoms with Gasteiger partial charge >= 0.3 is 12.4 Å². The van der Waals surface area contributed by atoms with Gasteiger partial charge in [0, 0.05) is 87.1 Å². The van der Waals surface area contributed by atoms with Gasteiger partial charge in [-0.15, -0.1) is 0 Å². The first-order chi connectivity index (χ1) is 31.6. The third-order valence-electron chi connectivity index (χ3n) is 11.7. The Morgan fingerprint density at radius 1 is 0.636 bits per heavy atom. The fourth-order valence-electron chi connectivity index (χ4n) is 8.16. The van der Waals surface area contributed by atoms with Gasteiger partial charge in [0.2, 0.25) is 11.2 Å². The Kier molecular flexibility index (Phi) is 11.6. The van der Waals surface area contributed by atoms with E-state index < -0.39 is 61.4 Å². The van der Waals surface area contributed by atoms with Gasteiger partial charge < -0.3 is 49.6 Å². The number of anilines is 4. The highest BCUT2D eigenvalue weighted by atomic mass is 19.4. The van der Waals surface area contributed by atoms with Crippen LogP contribution in [0.4, 0.5) is 49.1 Å². The number of hydrogen-bond donors (Lipinski definition) is 4. The van der Waals surface area contributed by atoms with Crippen molar-refractivity contribution in [1.82, 2.24) is 29.2 Å². The van der Waals surface area contributed by atoms with Crippen molar-refractivity contribution in [3.05, 3.63) is 95.8 Å². The number of alkyl halides is 6. The zero-order valence-corrected chi connectivity index (χ0v) is 34.6. The number of aliphatic hydroxyl groups excluding tert-OH is 2. The average molecular weight is 927 g/mol. The van der Waals surface area contributed by atoms with E-state index in [4.69, 9.17) is 18.9 Å². The van der Waals surface area contributed by atoms with E-state index in [0.717, 1.165) is 0 Å². The number of nitrogens with one attached hydrogen (secondary N) is 2. The summed E-state index contributed by atoms with van der Waals surface area (Å²) in [5, 5.41) is 32.9. The van der Waals surface area contributed by atoms with E-state index in [0.29, 0.717) is 86.7 Å². The van der Waals surface area contributed by atoms with Crippen molar-refractivity contribution in [1.29, 1.82) is 0 Å². The van der Waals surface area contributed by atoms with Gasteiger partial charge in [0.1, 0.15) is 22.6 Å². The molecule has 2 amide bonds. The second-order valence-corrected chi connectivity index (χ2v) is 15.8. The zero-order chi connectivity index (χ0) is 46.4. The van der Waals surface area contributed by atoms with Gasteiger partial charge in [0.25, 0.3) is 11.8 Å². The Morgan fingerprint density at radius 3 is 1.39 bits per heavy atom. The molecule has 18 nitrogen and oxygen atoms in total. The zero-order valence-electron chi connectivity index (χ0n) is 34.6. The number of morpholine rings is 2. The minimum Gasteiger partial charge on any atom is -0.475 e. The number of aromatic nitrogens is 6. The molecule has 6 aromatic rings. The number of carbonyl (C=O) groups is 2.